The smallest absolute Gasteiger partial charge is 0.0364 e. The summed E-state index contributed by atoms with van der Waals surface area (Å²) in [5.74, 6) is 1.99. The van der Waals surface area contributed by atoms with Crippen LogP contribution in [0.2, 0.25) is 0 Å². The first-order valence-electron chi connectivity index (χ1n) is 6.94. The monoisotopic (exact) mass is 264 g/mol. The molecule has 3 heteroatoms. The Balaban J connectivity index is 1.89. The molecular weight excluding hydrogens is 240 g/mol. The maximum Gasteiger partial charge on any atom is 0.0364 e. The van der Waals surface area contributed by atoms with Gasteiger partial charge in [-0.2, -0.15) is 0 Å². The zero-order chi connectivity index (χ0) is 12.8. The Hall–Kier alpha value is -0.670. The maximum absolute atomic E-state index is 3.43. The summed E-state index contributed by atoms with van der Waals surface area (Å²) in [4.78, 5) is 3.77. The molecule has 1 N–H and O–H groups in total. The molecule has 0 saturated carbocycles. The minimum atomic E-state index is 0.848. The summed E-state index contributed by atoms with van der Waals surface area (Å²) in [5.41, 5.74) is 1.34. The molecule has 0 spiro atoms. The van der Waals surface area contributed by atoms with E-state index in [4.69, 9.17) is 0 Å². The van der Waals surface area contributed by atoms with Crippen molar-refractivity contribution < 1.29 is 0 Å². The van der Waals surface area contributed by atoms with Crippen molar-refractivity contribution in [2.45, 2.75) is 24.7 Å². The molecule has 18 heavy (non-hydrogen) atoms. The normalized spacial score (nSPS) is 16.8. The van der Waals surface area contributed by atoms with Gasteiger partial charge in [-0.1, -0.05) is 6.92 Å². The Morgan fingerprint density at radius 2 is 1.89 bits per heavy atom. The molecular formula is C15H24N2S. The molecule has 1 aliphatic rings. The van der Waals surface area contributed by atoms with Crippen molar-refractivity contribution in [3.05, 3.63) is 24.3 Å². The number of hydrogen-bond donors (Lipinski definition) is 1. The maximum atomic E-state index is 3.43. The second-order valence-corrected chi connectivity index (χ2v) is 6.34. The summed E-state index contributed by atoms with van der Waals surface area (Å²) in [7, 11) is 2.21. The molecule has 0 radical (unpaired) electrons. The van der Waals surface area contributed by atoms with Gasteiger partial charge in [-0.3, -0.25) is 0 Å². The van der Waals surface area contributed by atoms with Gasteiger partial charge < -0.3 is 10.2 Å². The third-order valence-corrected chi connectivity index (χ3v) is 4.47. The molecule has 1 aliphatic heterocycles. The lowest BCUT2D eigenvalue weighted by Gasteiger charge is -2.28. The number of anilines is 1. The molecule has 0 atom stereocenters. The number of rotatable bonds is 5. The lowest BCUT2D eigenvalue weighted by Crippen LogP contribution is -2.34. The number of hydrogen-bond acceptors (Lipinski definition) is 3. The standard InChI is InChI=1S/C15H24N2S/c1-3-18-15-6-4-14(5-7-15)17(2)12-13-8-10-16-11-9-13/h4-7,13,16H,3,8-12H2,1-2H3. The zero-order valence-electron chi connectivity index (χ0n) is 11.5. The highest BCUT2D eigenvalue weighted by Gasteiger charge is 2.15. The van der Waals surface area contributed by atoms with Crippen LogP contribution in [0.5, 0.6) is 0 Å². The number of nitrogens with one attached hydrogen (secondary N) is 1. The Bertz CT molecular complexity index is 344. The lowest BCUT2D eigenvalue weighted by atomic mass is 9.97. The second kappa shape index (κ2) is 7.05. The molecule has 1 aromatic rings. The average Bonchev–Trinajstić information content (AvgIpc) is 2.41. The van der Waals surface area contributed by atoms with E-state index in [0.29, 0.717) is 0 Å². The van der Waals surface area contributed by atoms with E-state index in [1.165, 1.54) is 43.1 Å². The first-order valence-corrected chi connectivity index (χ1v) is 7.93. The minimum absolute atomic E-state index is 0.848. The molecule has 1 saturated heterocycles. The van der Waals surface area contributed by atoms with Gasteiger partial charge >= 0.3 is 0 Å². The van der Waals surface area contributed by atoms with Crippen molar-refractivity contribution in [1.29, 1.82) is 0 Å². The predicted octanol–water partition coefficient (Wildman–Crippen LogP) is 3.23. The van der Waals surface area contributed by atoms with Gasteiger partial charge in [0.2, 0.25) is 0 Å². The van der Waals surface area contributed by atoms with E-state index in [2.05, 4.69) is 48.5 Å². The van der Waals surface area contributed by atoms with E-state index in [9.17, 15) is 0 Å². The largest absolute Gasteiger partial charge is 0.374 e. The highest BCUT2D eigenvalue weighted by molar-refractivity contribution is 7.99. The van der Waals surface area contributed by atoms with Gasteiger partial charge in [0, 0.05) is 24.2 Å². The third-order valence-electron chi connectivity index (χ3n) is 3.58. The first kappa shape index (κ1) is 13.8. The van der Waals surface area contributed by atoms with Gasteiger partial charge in [0.1, 0.15) is 0 Å². The molecule has 0 bridgehead atoms. The van der Waals surface area contributed by atoms with Crippen molar-refractivity contribution in [3.63, 3.8) is 0 Å². The van der Waals surface area contributed by atoms with Crippen LogP contribution < -0.4 is 10.2 Å². The van der Waals surface area contributed by atoms with Crippen LogP contribution in [0.15, 0.2) is 29.2 Å². The van der Waals surface area contributed by atoms with Crippen LogP contribution in [0.4, 0.5) is 5.69 Å². The Kier molecular flexibility index (Phi) is 5.39. The van der Waals surface area contributed by atoms with Crippen LogP contribution in [0.1, 0.15) is 19.8 Å². The summed E-state index contributed by atoms with van der Waals surface area (Å²) in [6.07, 6.45) is 2.63. The fourth-order valence-electron chi connectivity index (χ4n) is 2.52. The SMILES string of the molecule is CCSc1ccc(N(C)CC2CCNCC2)cc1. The highest BCUT2D eigenvalue weighted by Crippen LogP contribution is 2.23. The minimum Gasteiger partial charge on any atom is -0.374 e. The summed E-state index contributed by atoms with van der Waals surface area (Å²) in [6.45, 7) is 5.75. The van der Waals surface area contributed by atoms with Crippen molar-refractivity contribution in [3.8, 4) is 0 Å². The molecule has 100 valence electrons. The van der Waals surface area contributed by atoms with Crippen LogP contribution in [0, 0.1) is 5.92 Å². The van der Waals surface area contributed by atoms with Gasteiger partial charge in [0.05, 0.1) is 0 Å². The van der Waals surface area contributed by atoms with Gasteiger partial charge in [-0.25, -0.2) is 0 Å². The quantitative estimate of drug-likeness (QED) is 0.822. The van der Waals surface area contributed by atoms with Crippen molar-refractivity contribution in [2.75, 3.05) is 37.3 Å². The van der Waals surface area contributed by atoms with Crippen LogP contribution >= 0.6 is 11.8 Å². The molecule has 0 amide bonds. The van der Waals surface area contributed by atoms with Gasteiger partial charge in [-0.05, 0) is 61.9 Å². The molecule has 1 heterocycles. The molecule has 0 aromatic heterocycles. The van der Waals surface area contributed by atoms with E-state index in [1.54, 1.807) is 0 Å². The molecule has 1 aromatic carbocycles. The number of nitrogens with zero attached hydrogens (tertiary/aromatic N) is 1. The molecule has 2 nitrogen and oxygen atoms in total. The lowest BCUT2D eigenvalue weighted by molar-refractivity contribution is 0.378. The molecule has 1 fully saturated rings. The summed E-state index contributed by atoms with van der Waals surface area (Å²) in [5, 5.41) is 3.43. The van der Waals surface area contributed by atoms with E-state index in [-0.39, 0.29) is 0 Å². The van der Waals surface area contributed by atoms with Crippen LogP contribution in [-0.4, -0.2) is 32.4 Å². The van der Waals surface area contributed by atoms with Gasteiger partial charge in [0.15, 0.2) is 0 Å². The topological polar surface area (TPSA) is 15.3 Å². The molecule has 0 aliphatic carbocycles. The van der Waals surface area contributed by atoms with Gasteiger partial charge in [-0.15, -0.1) is 11.8 Å². The highest BCUT2D eigenvalue weighted by atomic mass is 32.2. The molecule has 2 rings (SSSR count). The number of benzene rings is 1. The fraction of sp³-hybridized carbons (Fsp3) is 0.600. The van der Waals surface area contributed by atoms with Crippen LogP contribution in [-0.2, 0) is 0 Å². The van der Waals surface area contributed by atoms with Crippen molar-refractivity contribution in [1.82, 2.24) is 5.32 Å². The van der Waals surface area contributed by atoms with Crippen LogP contribution in [0.3, 0.4) is 0 Å². The second-order valence-electron chi connectivity index (χ2n) is 5.00. The fourth-order valence-corrected chi connectivity index (χ4v) is 3.18. The van der Waals surface area contributed by atoms with Gasteiger partial charge in [0.25, 0.3) is 0 Å². The van der Waals surface area contributed by atoms with Crippen molar-refractivity contribution in [2.24, 2.45) is 5.92 Å². The third kappa shape index (κ3) is 3.92. The van der Waals surface area contributed by atoms with E-state index in [1.807, 2.05) is 11.8 Å². The van der Waals surface area contributed by atoms with E-state index < -0.39 is 0 Å². The Labute approximate surface area is 115 Å². The molecule has 0 unspecified atom stereocenters. The number of thioether (sulfide) groups is 1. The van der Waals surface area contributed by atoms with E-state index >= 15 is 0 Å². The Morgan fingerprint density at radius 1 is 1.22 bits per heavy atom. The van der Waals surface area contributed by atoms with Crippen molar-refractivity contribution >= 4 is 17.4 Å². The summed E-state index contributed by atoms with van der Waals surface area (Å²) in [6, 6.07) is 8.98. The number of piperidine rings is 1. The van der Waals surface area contributed by atoms with E-state index in [0.717, 1.165) is 11.7 Å². The first-order chi connectivity index (χ1) is 8.79. The average molecular weight is 264 g/mol. The summed E-state index contributed by atoms with van der Waals surface area (Å²) < 4.78 is 0. The van der Waals surface area contributed by atoms with Crippen LogP contribution in [0.25, 0.3) is 0 Å². The predicted molar refractivity (Wildman–Crippen MR) is 81.7 cm³/mol. The summed E-state index contributed by atoms with van der Waals surface area (Å²) >= 11 is 1.90. The Morgan fingerprint density at radius 3 is 2.50 bits per heavy atom. The zero-order valence-corrected chi connectivity index (χ0v) is 12.3.